The van der Waals surface area contributed by atoms with Crippen molar-refractivity contribution in [3.05, 3.63) is 51.8 Å². The second-order valence-corrected chi connectivity index (χ2v) is 7.00. The van der Waals surface area contributed by atoms with Crippen molar-refractivity contribution >= 4 is 34.7 Å². The lowest BCUT2D eigenvalue weighted by Gasteiger charge is -2.20. The Kier molecular flexibility index (Phi) is 7.86. The number of allylic oxidation sites excluding steroid dienone is 4. The topological polar surface area (TPSA) is 103 Å². The van der Waals surface area contributed by atoms with Crippen LogP contribution in [-0.4, -0.2) is 27.9 Å². The molecule has 4 N–H and O–H groups in total. The van der Waals surface area contributed by atoms with Gasteiger partial charge in [0.1, 0.15) is 6.61 Å². The van der Waals surface area contributed by atoms with E-state index < -0.39 is 6.03 Å². The monoisotopic (exact) mass is 410 g/mol. The molecular weight excluding hydrogens is 388 g/mol. The van der Waals surface area contributed by atoms with E-state index >= 15 is 0 Å². The standard InChI is InChI=1S/C17H23ClN6O2S/c1-3-13(18)6-4-5-9-23-10-7-16(21-23)26-12-15-14(8-11-27-15)24(20)17(25)22(2)19/h3-4,6-8,10-11H,5,9,12,19-20H2,1-2H3/b6-4-,13-3+. The first-order chi connectivity index (χ1) is 12.9. The van der Waals surface area contributed by atoms with E-state index in [9.17, 15) is 4.79 Å². The minimum atomic E-state index is -0.523. The van der Waals surface area contributed by atoms with Crippen LogP contribution in [0.25, 0.3) is 0 Å². The maximum Gasteiger partial charge on any atom is 0.352 e. The molecule has 2 aromatic heterocycles. The van der Waals surface area contributed by atoms with Crippen molar-refractivity contribution in [1.29, 1.82) is 0 Å². The summed E-state index contributed by atoms with van der Waals surface area (Å²) in [5, 5.41) is 8.82. The molecule has 0 unspecified atom stereocenters. The maximum atomic E-state index is 11.9. The highest BCUT2D eigenvalue weighted by Crippen LogP contribution is 2.26. The minimum Gasteiger partial charge on any atom is -0.471 e. The molecule has 146 valence electrons. The molecule has 27 heavy (non-hydrogen) atoms. The fraction of sp³-hybridized carbons (Fsp3) is 0.294. The molecule has 2 rings (SSSR count). The molecule has 2 heterocycles. The smallest absolute Gasteiger partial charge is 0.352 e. The van der Waals surface area contributed by atoms with Crippen LogP contribution in [0.15, 0.2) is 47.0 Å². The van der Waals surface area contributed by atoms with E-state index in [2.05, 4.69) is 5.10 Å². The number of anilines is 1. The van der Waals surface area contributed by atoms with Crippen molar-refractivity contribution in [2.24, 2.45) is 11.7 Å². The molecule has 0 fully saturated rings. The fourth-order valence-electron chi connectivity index (χ4n) is 2.11. The van der Waals surface area contributed by atoms with E-state index in [4.69, 9.17) is 28.0 Å². The van der Waals surface area contributed by atoms with Crippen LogP contribution < -0.4 is 21.4 Å². The predicted molar refractivity (Wildman–Crippen MR) is 108 cm³/mol. The van der Waals surface area contributed by atoms with Crippen molar-refractivity contribution in [3.8, 4) is 5.88 Å². The molecule has 8 nitrogen and oxygen atoms in total. The van der Waals surface area contributed by atoms with Crippen LogP contribution in [-0.2, 0) is 13.2 Å². The predicted octanol–water partition coefficient (Wildman–Crippen LogP) is 3.22. The van der Waals surface area contributed by atoms with Gasteiger partial charge in [-0.25, -0.2) is 21.5 Å². The van der Waals surface area contributed by atoms with E-state index in [1.807, 2.05) is 36.7 Å². The number of halogens is 1. The quantitative estimate of drug-likeness (QED) is 0.301. The van der Waals surface area contributed by atoms with E-state index in [0.29, 0.717) is 23.1 Å². The summed E-state index contributed by atoms with van der Waals surface area (Å²) in [6.07, 6.45) is 8.33. The summed E-state index contributed by atoms with van der Waals surface area (Å²) in [4.78, 5) is 12.7. The highest BCUT2D eigenvalue weighted by Gasteiger charge is 2.19. The molecule has 0 saturated heterocycles. The highest BCUT2D eigenvalue weighted by molar-refractivity contribution is 7.10. The van der Waals surface area contributed by atoms with Gasteiger partial charge in [-0.1, -0.05) is 23.8 Å². The largest absolute Gasteiger partial charge is 0.471 e. The molecule has 0 radical (unpaired) electrons. The number of urea groups is 1. The first-order valence-electron chi connectivity index (χ1n) is 8.20. The van der Waals surface area contributed by atoms with E-state index in [0.717, 1.165) is 21.3 Å². The number of carbonyl (C=O) groups excluding carboxylic acids is 1. The molecule has 0 aliphatic carbocycles. The summed E-state index contributed by atoms with van der Waals surface area (Å²) in [6, 6.07) is 3.01. The van der Waals surface area contributed by atoms with Crippen LogP contribution in [0.3, 0.4) is 0 Å². The normalized spacial score (nSPS) is 11.8. The summed E-state index contributed by atoms with van der Waals surface area (Å²) >= 11 is 7.34. The summed E-state index contributed by atoms with van der Waals surface area (Å²) in [5.74, 6) is 11.8. The molecule has 0 atom stereocenters. The summed E-state index contributed by atoms with van der Waals surface area (Å²) in [5.41, 5.74) is 0.549. The Balaban J connectivity index is 1.90. The van der Waals surface area contributed by atoms with Gasteiger partial charge in [0.25, 0.3) is 0 Å². The number of thiophene rings is 1. The van der Waals surface area contributed by atoms with Crippen LogP contribution in [0.1, 0.15) is 18.2 Å². The molecule has 2 aromatic rings. The van der Waals surface area contributed by atoms with Crippen molar-refractivity contribution in [2.45, 2.75) is 26.5 Å². The second-order valence-electron chi connectivity index (χ2n) is 5.56. The van der Waals surface area contributed by atoms with E-state index in [1.165, 1.54) is 18.4 Å². The van der Waals surface area contributed by atoms with E-state index in [-0.39, 0.29) is 6.61 Å². The molecule has 0 aliphatic rings. The zero-order chi connectivity index (χ0) is 19.8. The molecule has 0 aliphatic heterocycles. The molecule has 0 saturated carbocycles. The lowest BCUT2D eigenvalue weighted by molar-refractivity contribution is 0.216. The first-order valence-corrected chi connectivity index (χ1v) is 9.46. The number of amides is 2. The average molecular weight is 411 g/mol. The second kappa shape index (κ2) is 10.1. The Morgan fingerprint density at radius 2 is 2.22 bits per heavy atom. The lowest BCUT2D eigenvalue weighted by Crippen LogP contribution is -2.48. The van der Waals surface area contributed by atoms with Gasteiger partial charge in [0.2, 0.25) is 5.88 Å². The molecular formula is C17H23ClN6O2S. The van der Waals surface area contributed by atoms with Crippen LogP contribution in [0, 0.1) is 0 Å². The maximum absolute atomic E-state index is 11.9. The molecule has 2 amide bonds. The van der Waals surface area contributed by atoms with Crippen LogP contribution in [0.4, 0.5) is 10.5 Å². The summed E-state index contributed by atoms with van der Waals surface area (Å²) in [6.45, 7) is 2.85. The third-order valence-electron chi connectivity index (χ3n) is 3.53. The van der Waals surface area contributed by atoms with Gasteiger partial charge in [0, 0.05) is 30.9 Å². The molecule has 0 bridgehead atoms. The van der Waals surface area contributed by atoms with Crippen molar-refractivity contribution in [2.75, 3.05) is 12.1 Å². The van der Waals surface area contributed by atoms with Gasteiger partial charge in [-0.15, -0.1) is 16.4 Å². The molecule has 0 spiro atoms. The average Bonchev–Trinajstić information content (AvgIpc) is 3.31. The zero-order valence-corrected chi connectivity index (χ0v) is 16.8. The number of nitrogens with two attached hydrogens (primary N) is 2. The molecule has 0 aromatic carbocycles. The Bertz CT molecular complexity index is 814. The third-order valence-corrected chi connectivity index (χ3v) is 4.76. The van der Waals surface area contributed by atoms with Crippen molar-refractivity contribution in [3.63, 3.8) is 0 Å². The Labute approximate surface area is 167 Å². The number of hydrogen-bond acceptors (Lipinski definition) is 6. The Morgan fingerprint density at radius 1 is 1.44 bits per heavy atom. The summed E-state index contributed by atoms with van der Waals surface area (Å²) < 4.78 is 7.51. The van der Waals surface area contributed by atoms with Gasteiger partial charge in [-0.2, -0.15) is 0 Å². The van der Waals surface area contributed by atoms with Crippen LogP contribution in [0.5, 0.6) is 5.88 Å². The van der Waals surface area contributed by atoms with Gasteiger partial charge in [-0.3, -0.25) is 9.69 Å². The number of hydrogen-bond donors (Lipinski definition) is 2. The van der Waals surface area contributed by atoms with E-state index in [1.54, 1.807) is 16.8 Å². The number of rotatable bonds is 8. The number of aryl methyl sites for hydroxylation is 1. The highest BCUT2D eigenvalue weighted by atomic mass is 35.5. The lowest BCUT2D eigenvalue weighted by atomic mass is 10.3. The van der Waals surface area contributed by atoms with Crippen LogP contribution >= 0.6 is 22.9 Å². The minimum absolute atomic E-state index is 0.246. The SMILES string of the molecule is C/C=C(Cl)\C=C/CCn1ccc(OCc2sccc2N(N)C(=O)N(C)N)n1. The fourth-order valence-corrected chi connectivity index (χ4v) is 2.98. The first kappa shape index (κ1) is 21.0. The van der Waals surface area contributed by atoms with Crippen LogP contribution in [0.2, 0.25) is 0 Å². The number of hydrazine groups is 2. The van der Waals surface area contributed by atoms with Gasteiger partial charge in [0.05, 0.1) is 10.6 Å². The van der Waals surface area contributed by atoms with Gasteiger partial charge in [-0.05, 0) is 30.9 Å². The number of carbonyl (C=O) groups is 1. The number of ether oxygens (including phenoxy) is 1. The van der Waals surface area contributed by atoms with Crippen molar-refractivity contribution < 1.29 is 9.53 Å². The molecule has 10 heteroatoms. The summed E-state index contributed by atoms with van der Waals surface area (Å²) in [7, 11) is 1.43. The zero-order valence-electron chi connectivity index (χ0n) is 15.2. The van der Waals surface area contributed by atoms with Gasteiger partial charge < -0.3 is 4.74 Å². The van der Waals surface area contributed by atoms with Crippen molar-refractivity contribution in [1.82, 2.24) is 14.8 Å². The third kappa shape index (κ3) is 6.10. The number of nitrogens with zero attached hydrogens (tertiary/aromatic N) is 4. The Hall–Kier alpha value is -2.33. The van der Waals surface area contributed by atoms with Gasteiger partial charge >= 0.3 is 6.03 Å². The number of aromatic nitrogens is 2. The Morgan fingerprint density at radius 3 is 2.93 bits per heavy atom. The van der Waals surface area contributed by atoms with Gasteiger partial charge in [0.15, 0.2) is 0 Å².